The maximum Gasteiger partial charge on any atom is 0.243 e. The maximum atomic E-state index is 11.8. The van der Waals surface area contributed by atoms with E-state index >= 15 is 0 Å². The number of nitrogens with one attached hydrogen (secondary N) is 2. The van der Waals surface area contributed by atoms with Gasteiger partial charge in [-0.3, -0.25) is 4.79 Å². The number of carbonyl (C=O) groups excluding carboxylic acids is 1. The van der Waals surface area contributed by atoms with E-state index < -0.39 is 0 Å². The molecule has 3 nitrogen and oxygen atoms in total. The minimum absolute atomic E-state index is 0.0945. The molecule has 20 heavy (non-hydrogen) atoms. The average Bonchev–Trinajstić information content (AvgIpc) is 2.43. The molecule has 2 aromatic rings. The molecule has 0 atom stereocenters. The number of aryl methyl sites for hydroxylation is 1. The molecule has 0 unspecified atom stereocenters. The molecule has 0 bridgehead atoms. The van der Waals surface area contributed by atoms with Crippen molar-refractivity contribution in [2.45, 2.75) is 6.92 Å². The molecule has 0 saturated heterocycles. The van der Waals surface area contributed by atoms with Gasteiger partial charge in [0.1, 0.15) is 0 Å². The monoisotopic (exact) mass is 400 g/mol. The predicted molar refractivity (Wildman–Crippen MR) is 92.5 cm³/mol. The molecule has 2 N–H and O–H groups in total. The minimum Gasteiger partial charge on any atom is -0.376 e. The highest BCUT2D eigenvalue weighted by Crippen LogP contribution is 2.19. The second-order valence-corrected chi connectivity index (χ2v) is 6.03. The first-order chi connectivity index (χ1) is 9.54. The van der Waals surface area contributed by atoms with Crippen molar-refractivity contribution in [2.24, 2.45) is 0 Å². The molecule has 0 fully saturated rings. The summed E-state index contributed by atoms with van der Waals surface area (Å²) in [6.45, 7) is 2.14. The van der Waals surface area contributed by atoms with E-state index in [0.717, 1.165) is 20.5 Å². The second-order valence-electron chi connectivity index (χ2n) is 4.37. The fourth-order valence-corrected chi connectivity index (χ4v) is 2.16. The zero-order chi connectivity index (χ0) is 14.5. The number of hydrogen-bond acceptors (Lipinski definition) is 2. The van der Waals surface area contributed by atoms with Crippen molar-refractivity contribution in [3.63, 3.8) is 0 Å². The Hall–Kier alpha value is -1.27. The van der Waals surface area contributed by atoms with E-state index in [-0.39, 0.29) is 12.5 Å². The Labute approximate surface area is 136 Å². The van der Waals surface area contributed by atoms with Gasteiger partial charge < -0.3 is 10.6 Å². The lowest BCUT2D eigenvalue weighted by Gasteiger charge is -2.09. The predicted octanol–water partition coefficient (Wildman–Crippen LogP) is 4.30. The summed E-state index contributed by atoms with van der Waals surface area (Å²) >= 11 is 8.26. The number of benzene rings is 2. The summed E-state index contributed by atoms with van der Waals surface area (Å²) in [4.78, 5) is 11.8. The number of anilines is 2. The smallest absolute Gasteiger partial charge is 0.243 e. The Morgan fingerprint density at radius 2 is 1.80 bits per heavy atom. The van der Waals surface area contributed by atoms with Gasteiger partial charge in [0.2, 0.25) is 5.91 Å². The van der Waals surface area contributed by atoms with Crippen LogP contribution >= 0.6 is 34.2 Å². The molecule has 0 radical (unpaired) electrons. The van der Waals surface area contributed by atoms with Crippen molar-refractivity contribution >= 4 is 51.5 Å². The summed E-state index contributed by atoms with van der Waals surface area (Å²) in [5.74, 6) is -0.0945. The highest BCUT2D eigenvalue weighted by atomic mass is 127. The van der Waals surface area contributed by atoms with Crippen LogP contribution in [0.2, 0.25) is 5.02 Å². The summed E-state index contributed by atoms with van der Waals surface area (Å²) in [7, 11) is 0. The normalized spacial score (nSPS) is 10.2. The Kier molecular flexibility index (Phi) is 5.25. The van der Waals surface area contributed by atoms with Crippen LogP contribution in [-0.2, 0) is 4.79 Å². The van der Waals surface area contributed by atoms with Crippen molar-refractivity contribution in [3.8, 4) is 0 Å². The van der Waals surface area contributed by atoms with Crippen LogP contribution in [0.5, 0.6) is 0 Å². The number of rotatable bonds is 4. The van der Waals surface area contributed by atoms with Crippen LogP contribution in [-0.4, -0.2) is 12.5 Å². The van der Waals surface area contributed by atoms with Gasteiger partial charge in [-0.2, -0.15) is 0 Å². The van der Waals surface area contributed by atoms with Crippen molar-refractivity contribution in [1.29, 1.82) is 0 Å². The molecular formula is C15H14ClIN2O. The van der Waals surface area contributed by atoms with E-state index in [4.69, 9.17) is 11.6 Å². The summed E-state index contributed by atoms with van der Waals surface area (Å²) in [5, 5.41) is 6.56. The first-order valence-corrected chi connectivity index (χ1v) is 7.56. The molecular weight excluding hydrogens is 387 g/mol. The van der Waals surface area contributed by atoms with E-state index in [2.05, 4.69) is 33.2 Å². The Balaban J connectivity index is 1.88. The Morgan fingerprint density at radius 3 is 2.45 bits per heavy atom. The number of hydrogen-bond donors (Lipinski definition) is 2. The zero-order valence-electron chi connectivity index (χ0n) is 10.9. The van der Waals surface area contributed by atoms with Crippen LogP contribution < -0.4 is 10.6 Å². The highest BCUT2D eigenvalue weighted by molar-refractivity contribution is 14.1. The SMILES string of the molecule is Cc1ccc(NCC(=O)Nc2ccc(I)cc2)cc1Cl. The molecule has 0 aliphatic rings. The van der Waals surface area contributed by atoms with Crippen LogP contribution in [0.15, 0.2) is 42.5 Å². The van der Waals surface area contributed by atoms with Gasteiger partial charge in [-0.1, -0.05) is 17.7 Å². The zero-order valence-corrected chi connectivity index (χ0v) is 13.8. The minimum atomic E-state index is -0.0945. The lowest BCUT2D eigenvalue weighted by molar-refractivity contribution is -0.114. The quantitative estimate of drug-likeness (QED) is 0.751. The third-order valence-corrected chi connectivity index (χ3v) is 3.88. The first-order valence-electron chi connectivity index (χ1n) is 6.10. The van der Waals surface area contributed by atoms with Crippen molar-refractivity contribution in [3.05, 3.63) is 56.6 Å². The second kappa shape index (κ2) is 6.95. The summed E-state index contributed by atoms with van der Waals surface area (Å²) in [6.07, 6.45) is 0. The molecule has 2 rings (SSSR count). The van der Waals surface area contributed by atoms with Crippen molar-refractivity contribution < 1.29 is 4.79 Å². The van der Waals surface area contributed by atoms with Gasteiger partial charge >= 0.3 is 0 Å². The van der Waals surface area contributed by atoms with E-state index in [1.54, 1.807) is 0 Å². The molecule has 0 saturated carbocycles. The van der Waals surface area contributed by atoms with Gasteiger partial charge in [0, 0.05) is 20.0 Å². The Bertz CT molecular complexity index is 614. The lowest BCUT2D eigenvalue weighted by atomic mass is 10.2. The topological polar surface area (TPSA) is 41.1 Å². The number of halogens is 2. The third-order valence-electron chi connectivity index (χ3n) is 2.75. The van der Waals surface area contributed by atoms with E-state index in [9.17, 15) is 4.79 Å². The summed E-state index contributed by atoms with van der Waals surface area (Å²) < 4.78 is 1.13. The first kappa shape index (κ1) is 15.1. The van der Waals surface area contributed by atoms with Gasteiger partial charge in [0.15, 0.2) is 0 Å². The molecule has 5 heteroatoms. The molecule has 104 valence electrons. The van der Waals surface area contributed by atoms with Gasteiger partial charge in [-0.05, 0) is 71.5 Å². The standard InChI is InChI=1S/C15H14ClIN2O/c1-10-2-5-13(8-14(10)16)18-9-15(20)19-12-6-3-11(17)4-7-12/h2-8,18H,9H2,1H3,(H,19,20). The summed E-state index contributed by atoms with van der Waals surface area (Å²) in [5.41, 5.74) is 2.64. The van der Waals surface area contributed by atoms with Gasteiger partial charge in [0.05, 0.1) is 6.54 Å². The molecule has 0 aliphatic carbocycles. The van der Waals surface area contributed by atoms with Crippen LogP contribution in [0.25, 0.3) is 0 Å². The number of amides is 1. The van der Waals surface area contributed by atoms with Crippen LogP contribution in [0.3, 0.4) is 0 Å². The van der Waals surface area contributed by atoms with E-state index in [0.29, 0.717) is 5.02 Å². The van der Waals surface area contributed by atoms with Gasteiger partial charge in [0.25, 0.3) is 0 Å². The van der Waals surface area contributed by atoms with Crippen LogP contribution in [0.4, 0.5) is 11.4 Å². The fraction of sp³-hybridized carbons (Fsp3) is 0.133. The molecule has 1 amide bonds. The van der Waals surface area contributed by atoms with Crippen LogP contribution in [0, 0.1) is 10.5 Å². The molecule has 0 aromatic heterocycles. The highest BCUT2D eigenvalue weighted by Gasteiger charge is 2.03. The van der Waals surface area contributed by atoms with E-state index in [1.165, 1.54) is 0 Å². The molecule has 0 spiro atoms. The average molecular weight is 401 g/mol. The van der Waals surface area contributed by atoms with Crippen molar-refractivity contribution in [2.75, 3.05) is 17.2 Å². The maximum absolute atomic E-state index is 11.8. The number of carbonyl (C=O) groups is 1. The van der Waals surface area contributed by atoms with E-state index in [1.807, 2.05) is 49.4 Å². The summed E-state index contributed by atoms with van der Waals surface area (Å²) in [6, 6.07) is 13.3. The molecule has 2 aromatic carbocycles. The Morgan fingerprint density at radius 1 is 1.15 bits per heavy atom. The molecule has 0 aliphatic heterocycles. The largest absolute Gasteiger partial charge is 0.376 e. The van der Waals surface area contributed by atoms with Gasteiger partial charge in [-0.15, -0.1) is 0 Å². The lowest BCUT2D eigenvalue weighted by Crippen LogP contribution is -2.21. The van der Waals surface area contributed by atoms with Crippen molar-refractivity contribution in [1.82, 2.24) is 0 Å². The third kappa shape index (κ3) is 4.38. The molecule has 0 heterocycles. The van der Waals surface area contributed by atoms with Crippen LogP contribution in [0.1, 0.15) is 5.56 Å². The van der Waals surface area contributed by atoms with Gasteiger partial charge in [-0.25, -0.2) is 0 Å². The fourth-order valence-electron chi connectivity index (χ4n) is 1.62.